The summed E-state index contributed by atoms with van der Waals surface area (Å²) in [6.07, 6.45) is 5.83. The van der Waals surface area contributed by atoms with Crippen LogP contribution in [0, 0.1) is 6.92 Å². The van der Waals surface area contributed by atoms with Crippen LogP contribution in [0.2, 0.25) is 5.02 Å². The van der Waals surface area contributed by atoms with Crippen molar-refractivity contribution in [2.45, 2.75) is 6.92 Å². The van der Waals surface area contributed by atoms with Crippen LogP contribution in [0.4, 0.5) is 11.4 Å². The first-order chi connectivity index (χ1) is 13.5. The number of ether oxygens (including phenoxy) is 1. The number of aryl methyl sites for hydroxylation is 1. The number of nitrogens with zero attached hydrogens (tertiary/aromatic N) is 3. The van der Waals surface area contributed by atoms with Crippen LogP contribution in [-0.2, 0) is 0 Å². The number of fused-ring (bicyclic) bond motifs is 1. The summed E-state index contributed by atoms with van der Waals surface area (Å²) in [6.45, 7) is 3.33. The number of hydrogen-bond donors (Lipinski definition) is 1. The quantitative estimate of drug-likeness (QED) is 0.403. The van der Waals surface area contributed by atoms with Crippen molar-refractivity contribution in [2.75, 3.05) is 13.1 Å². The fourth-order valence-corrected chi connectivity index (χ4v) is 4.71. The number of aromatic nitrogens is 2. The maximum absolute atomic E-state index is 6.07. The molecule has 1 aromatic heterocycles. The second-order valence-corrected chi connectivity index (χ2v) is 8.28. The van der Waals surface area contributed by atoms with Crippen molar-refractivity contribution in [3.8, 4) is 11.5 Å². The van der Waals surface area contributed by atoms with Crippen LogP contribution in [0.3, 0.4) is 0 Å². The molecule has 0 aliphatic carbocycles. The van der Waals surface area contributed by atoms with E-state index >= 15 is 0 Å². The van der Waals surface area contributed by atoms with E-state index in [0.29, 0.717) is 21.8 Å². The molecule has 1 aliphatic heterocycles. The topological polar surface area (TPSA) is 61.0 Å². The first kappa shape index (κ1) is 24.7. The second-order valence-electron chi connectivity index (χ2n) is 6.70. The van der Waals surface area contributed by atoms with Gasteiger partial charge in [0.05, 0.1) is 0 Å². The van der Waals surface area contributed by atoms with Gasteiger partial charge in [-0.3, -0.25) is 0 Å². The molecule has 2 N–H and O–H groups in total. The number of hydrogen-bond acceptors (Lipinski definition) is 4. The van der Waals surface area contributed by atoms with Gasteiger partial charge in [0.1, 0.15) is 0 Å². The van der Waals surface area contributed by atoms with Gasteiger partial charge in [0.2, 0.25) is 0 Å². The molecule has 5 nitrogen and oxygen atoms in total. The van der Waals surface area contributed by atoms with Crippen molar-refractivity contribution >= 4 is 75.2 Å². The van der Waals surface area contributed by atoms with Gasteiger partial charge in [0.25, 0.3) is 0 Å². The zero-order chi connectivity index (χ0) is 19.7. The average Bonchev–Trinajstić information content (AvgIpc) is 3.05. The third kappa shape index (κ3) is 4.52. The molecule has 2 atom stereocenters. The first-order valence-electron chi connectivity index (χ1n) is 8.96. The fourth-order valence-electron chi connectivity index (χ4n) is 3.60. The Morgan fingerprint density at radius 3 is 2.63 bits per heavy atom. The van der Waals surface area contributed by atoms with Gasteiger partial charge in [-0.25, -0.2) is 0 Å². The second kappa shape index (κ2) is 10.1. The summed E-state index contributed by atoms with van der Waals surface area (Å²) >= 11 is 7.55. The van der Waals surface area contributed by atoms with Gasteiger partial charge < -0.3 is 0 Å². The molecule has 9 heteroatoms. The normalized spacial score (nSPS) is 16.4. The Morgan fingerprint density at radius 2 is 1.93 bits per heavy atom. The summed E-state index contributed by atoms with van der Waals surface area (Å²) in [6, 6.07) is 13.6. The largest absolute Gasteiger partial charge is 0.147 e. The van der Waals surface area contributed by atoms with E-state index in [1.54, 1.807) is 12.4 Å². The zero-order valence-corrected chi connectivity index (χ0v) is 21.1. The molecule has 1 aliphatic rings. The minimum absolute atomic E-state index is 0. The minimum Gasteiger partial charge on any atom is -0.147 e. The summed E-state index contributed by atoms with van der Waals surface area (Å²) in [7, 11) is 0. The van der Waals surface area contributed by atoms with E-state index in [-0.39, 0.29) is 24.8 Å². The van der Waals surface area contributed by atoms with Crippen LogP contribution < -0.4 is 19.4 Å². The summed E-state index contributed by atoms with van der Waals surface area (Å²) in [5.41, 5.74) is 10.2. The summed E-state index contributed by atoms with van der Waals surface area (Å²) in [5, 5.41) is 0.649. The molecule has 2 heterocycles. The van der Waals surface area contributed by atoms with Crippen molar-refractivity contribution in [1.82, 2.24) is 14.5 Å². The molecule has 0 spiro atoms. The van der Waals surface area contributed by atoms with Gasteiger partial charge in [0.15, 0.2) is 0 Å². The maximum atomic E-state index is 6.07. The van der Waals surface area contributed by atoms with Crippen molar-refractivity contribution in [3.63, 3.8) is 0 Å². The molecule has 4 rings (SSSR count). The Labute approximate surface area is 202 Å². The van der Waals surface area contributed by atoms with Gasteiger partial charge in [-0.2, -0.15) is 0 Å². The van der Waals surface area contributed by atoms with E-state index in [1.165, 1.54) is 16.9 Å². The van der Waals surface area contributed by atoms with Crippen LogP contribution in [0.25, 0.3) is 6.08 Å². The van der Waals surface area contributed by atoms with E-state index < -0.39 is 0 Å². The van der Waals surface area contributed by atoms with Gasteiger partial charge >= 0.3 is 178 Å². The summed E-state index contributed by atoms with van der Waals surface area (Å²) < 4.78 is 7.59. The Bertz CT molecular complexity index is 1080. The van der Waals surface area contributed by atoms with Crippen molar-refractivity contribution in [3.05, 3.63) is 71.3 Å². The number of quaternary nitrogens is 1. The molecule has 0 bridgehead atoms. The standard InChI is InChI=1S/C21H21AsClN4O.2ClH/c1-14-11-16(5-6-19(14)28-17-4-2-3-15(23)12-17)27(10-8-24)9-7-18-20(27)21(22)26-13-25-18;;/h2-7,9,11-13H,8,10,22,24H2,1H3;2*1H/q+1;;. The number of halogens is 3. The van der Waals surface area contributed by atoms with Gasteiger partial charge in [-0.1, -0.05) is 0 Å². The fraction of sp³-hybridized carbons (Fsp3) is 0.143. The third-order valence-electron chi connectivity index (χ3n) is 4.89. The third-order valence-corrected chi connectivity index (χ3v) is 6.01. The van der Waals surface area contributed by atoms with Crippen LogP contribution in [0.1, 0.15) is 11.3 Å². The Kier molecular flexibility index (Phi) is 8.34. The minimum atomic E-state index is 0. The average molecular weight is 529 g/mol. The molecule has 3 aromatic rings. The van der Waals surface area contributed by atoms with Crippen molar-refractivity contribution in [1.29, 1.82) is 0 Å². The first-order valence-corrected chi connectivity index (χ1v) is 10.6. The van der Waals surface area contributed by atoms with Crippen LogP contribution in [0.5, 0.6) is 11.5 Å². The van der Waals surface area contributed by atoms with E-state index in [4.69, 9.17) is 22.1 Å². The van der Waals surface area contributed by atoms with Crippen LogP contribution in [0.15, 0.2) is 55.0 Å². The van der Waals surface area contributed by atoms with E-state index in [9.17, 15) is 0 Å². The monoisotopic (exact) mass is 527 g/mol. The number of nitrogens with two attached hydrogens (primary N) is 1. The molecule has 0 saturated carbocycles. The van der Waals surface area contributed by atoms with Crippen molar-refractivity contribution < 1.29 is 4.74 Å². The Balaban J connectivity index is 0.00000160. The number of benzene rings is 2. The molecule has 0 radical (unpaired) electrons. The molecule has 0 fully saturated rings. The molecule has 158 valence electrons. The molecule has 2 unspecified atom stereocenters. The Morgan fingerprint density at radius 1 is 1.13 bits per heavy atom. The maximum Gasteiger partial charge on any atom is -0.147 e. The predicted molar refractivity (Wildman–Crippen MR) is 132 cm³/mol. The molecule has 2 aromatic carbocycles. The van der Waals surface area contributed by atoms with Gasteiger partial charge in [-0.05, 0) is 0 Å². The SMILES string of the molecule is Cc1cc([N+]2(CCN)C=Cc3ncnc([AsH2])c32)ccc1Oc1cccc(Cl)c1.Cl.Cl. The Hall–Kier alpha value is -1.59. The summed E-state index contributed by atoms with van der Waals surface area (Å²) in [4.78, 5) is 8.89. The predicted octanol–water partition coefficient (Wildman–Crippen LogP) is 3.91. The van der Waals surface area contributed by atoms with Gasteiger partial charge in [-0.15, -0.1) is 24.8 Å². The van der Waals surface area contributed by atoms with Gasteiger partial charge in [0, 0.05) is 0 Å². The van der Waals surface area contributed by atoms with E-state index in [2.05, 4.69) is 34.4 Å². The van der Waals surface area contributed by atoms with E-state index in [0.717, 1.165) is 39.4 Å². The molecule has 30 heavy (non-hydrogen) atoms. The molecule has 0 saturated heterocycles. The molecule has 0 amide bonds. The number of rotatable bonds is 5. The molecular weight excluding hydrogens is 506 g/mol. The van der Waals surface area contributed by atoms with Crippen molar-refractivity contribution in [2.24, 2.45) is 5.73 Å². The van der Waals surface area contributed by atoms with Crippen LogP contribution >= 0.6 is 36.4 Å². The zero-order valence-electron chi connectivity index (χ0n) is 16.3. The van der Waals surface area contributed by atoms with E-state index in [1.807, 2.05) is 31.2 Å². The van der Waals surface area contributed by atoms with Crippen LogP contribution in [-0.4, -0.2) is 39.9 Å². The molecular formula is C21H23AsCl3N4O+. The summed E-state index contributed by atoms with van der Waals surface area (Å²) in [5.74, 6) is 1.51. The smallest absolute Gasteiger partial charge is 0.147 e.